The summed E-state index contributed by atoms with van der Waals surface area (Å²) in [5.41, 5.74) is -0.0616. The Labute approximate surface area is 135 Å². The molecule has 2 heterocycles. The molecule has 0 bridgehead atoms. The summed E-state index contributed by atoms with van der Waals surface area (Å²) in [6, 6.07) is 0. The maximum Gasteiger partial charge on any atom is 0.311 e. The molecule has 0 aromatic carbocycles. The summed E-state index contributed by atoms with van der Waals surface area (Å²) in [4.78, 5) is 30.0. The number of carboxylic acid groups (broad SMARTS) is 1. The van der Waals surface area contributed by atoms with E-state index in [9.17, 15) is 14.7 Å². The molecule has 0 saturated carbocycles. The molecule has 2 rings (SSSR count). The fourth-order valence-corrected chi connectivity index (χ4v) is 3.53. The molecule has 1 aliphatic rings. The highest BCUT2D eigenvalue weighted by Gasteiger charge is 2.39. The molecule has 1 fully saturated rings. The van der Waals surface area contributed by atoms with Gasteiger partial charge in [0.15, 0.2) is 0 Å². The highest BCUT2D eigenvalue weighted by molar-refractivity contribution is 7.09. The largest absolute Gasteiger partial charge is 0.481 e. The zero-order valence-electron chi connectivity index (χ0n) is 13.7. The van der Waals surface area contributed by atoms with Crippen LogP contribution in [-0.2, 0) is 21.4 Å². The van der Waals surface area contributed by atoms with Crippen molar-refractivity contribution in [1.82, 2.24) is 9.88 Å². The van der Waals surface area contributed by atoms with Gasteiger partial charge in [0.05, 0.1) is 22.5 Å². The summed E-state index contributed by atoms with van der Waals surface area (Å²) in [5, 5.41) is 12.3. The van der Waals surface area contributed by atoms with Crippen molar-refractivity contribution < 1.29 is 14.7 Å². The molecule has 1 unspecified atom stereocenters. The van der Waals surface area contributed by atoms with E-state index in [0.717, 1.165) is 17.1 Å². The lowest BCUT2D eigenvalue weighted by Crippen LogP contribution is -2.48. The first-order chi connectivity index (χ1) is 10.1. The zero-order chi connectivity index (χ0) is 16.5. The normalized spacial score (nSPS) is 22.6. The number of carbonyl (C=O) groups excluding carboxylic acids is 1. The van der Waals surface area contributed by atoms with Crippen molar-refractivity contribution in [3.8, 4) is 0 Å². The minimum Gasteiger partial charge on any atom is -0.481 e. The number of rotatable bonds is 3. The predicted molar refractivity (Wildman–Crippen MR) is 86.1 cm³/mol. The van der Waals surface area contributed by atoms with E-state index >= 15 is 0 Å². The number of piperidine rings is 1. The minimum absolute atomic E-state index is 0.0149. The molecule has 1 aromatic rings. The Kier molecular flexibility index (Phi) is 4.61. The SMILES string of the molecule is CC1(C(=O)O)CCCN(C(=O)Cc2csc(C(C)(C)C)n2)C1. The molecule has 1 amide bonds. The molecular weight excluding hydrogens is 300 g/mol. The van der Waals surface area contributed by atoms with E-state index in [2.05, 4.69) is 25.8 Å². The molecule has 1 saturated heterocycles. The third-order valence-electron chi connectivity index (χ3n) is 4.09. The van der Waals surface area contributed by atoms with Crippen molar-refractivity contribution in [3.05, 3.63) is 16.1 Å². The van der Waals surface area contributed by atoms with Crippen LogP contribution >= 0.6 is 11.3 Å². The Balaban J connectivity index is 2.03. The van der Waals surface area contributed by atoms with Crippen molar-refractivity contribution in [1.29, 1.82) is 0 Å². The van der Waals surface area contributed by atoms with Gasteiger partial charge < -0.3 is 10.0 Å². The number of aliphatic carboxylic acids is 1. The summed E-state index contributed by atoms with van der Waals surface area (Å²) in [5.74, 6) is -0.855. The molecule has 0 spiro atoms. The smallest absolute Gasteiger partial charge is 0.311 e. The van der Waals surface area contributed by atoms with Gasteiger partial charge in [0.1, 0.15) is 0 Å². The van der Waals surface area contributed by atoms with E-state index in [1.165, 1.54) is 0 Å². The Morgan fingerprint density at radius 3 is 2.68 bits per heavy atom. The van der Waals surface area contributed by atoms with Gasteiger partial charge in [-0.2, -0.15) is 0 Å². The van der Waals surface area contributed by atoms with Gasteiger partial charge in [-0.3, -0.25) is 9.59 Å². The van der Waals surface area contributed by atoms with E-state index in [-0.39, 0.29) is 24.3 Å². The molecule has 22 heavy (non-hydrogen) atoms. The van der Waals surface area contributed by atoms with Crippen molar-refractivity contribution >= 4 is 23.2 Å². The van der Waals surface area contributed by atoms with Gasteiger partial charge in [0, 0.05) is 23.9 Å². The van der Waals surface area contributed by atoms with Gasteiger partial charge in [0.25, 0.3) is 0 Å². The fourth-order valence-electron chi connectivity index (χ4n) is 2.63. The Bertz CT molecular complexity index is 576. The fraction of sp³-hybridized carbons (Fsp3) is 0.688. The maximum absolute atomic E-state index is 12.4. The second-order valence-corrected chi connectivity index (χ2v) is 8.21. The van der Waals surface area contributed by atoms with Gasteiger partial charge in [-0.15, -0.1) is 11.3 Å². The standard InChI is InChI=1S/C16H24N2O3S/c1-15(2,3)13-17-11(9-22-13)8-12(19)18-7-5-6-16(4,10-18)14(20)21/h9H,5-8,10H2,1-4H3,(H,20,21). The molecule has 1 aromatic heterocycles. The Morgan fingerprint density at radius 1 is 1.45 bits per heavy atom. The van der Waals surface area contributed by atoms with Crippen LogP contribution in [0.4, 0.5) is 0 Å². The molecule has 1 aliphatic heterocycles. The number of aromatic nitrogens is 1. The lowest BCUT2D eigenvalue weighted by Gasteiger charge is -2.37. The Hall–Kier alpha value is -1.43. The van der Waals surface area contributed by atoms with Crippen LogP contribution in [0.1, 0.15) is 51.2 Å². The molecule has 1 N–H and O–H groups in total. The van der Waals surface area contributed by atoms with E-state index < -0.39 is 11.4 Å². The molecule has 5 nitrogen and oxygen atoms in total. The Morgan fingerprint density at radius 2 is 2.14 bits per heavy atom. The number of thiazole rings is 1. The van der Waals surface area contributed by atoms with Gasteiger partial charge in [-0.1, -0.05) is 20.8 Å². The van der Waals surface area contributed by atoms with Gasteiger partial charge in [-0.25, -0.2) is 4.98 Å². The monoisotopic (exact) mass is 324 g/mol. The summed E-state index contributed by atoms with van der Waals surface area (Å²) < 4.78 is 0. The van der Waals surface area contributed by atoms with Crippen molar-refractivity contribution in [3.63, 3.8) is 0 Å². The molecule has 122 valence electrons. The predicted octanol–water partition coefficient (Wildman–Crippen LogP) is 2.70. The summed E-state index contributed by atoms with van der Waals surface area (Å²) in [6.07, 6.45) is 1.61. The van der Waals surface area contributed by atoms with Crippen LogP contribution in [0.25, 0.3) is 0 Å². The topological polar surface area (TPSA) is 70.5 Å². The van der Waals surface area contributed by atoms with E-state index in [0.29, 0.717) is 13.0 Å². The summed E-state index contributed by atoms with van der Waals surface area (Å²) in [7, 11) is 0. The first kappa shape index (κ1) is 16.9. The highest BCUT2D eigenvalue weighted by Crippen LogP contribution is 2.30. The number of carboxylic acids is 1. The number of amides is 1. The first-order valence-corrected chi connectivity index (χ1v) is 8.46. The van der Waals surface area contributed by atoms with Crippen molar-refractivity contribution in [2.75, 3.05) is 13.1 Å². The highest BCUT2D eigenvalue weighted by atomic mass is 32.1. The van der Waals surface area contributed by atoms with E-state index in [4.69, 9.17) is 0 Å². The van der Waals surface area contributed by atoms with Crippen molar-refractivity contribution in [2.45, 2.75) is 52.4 Å². The zero-order valence-corrected chi connectivity index (χ0v) is 14.5. The van der Waals surface area contributed by atoms with Crippen LogP contribution in [-0.4, -0.2) is 40.0 Å². The second-order valence-electron chi connectivity index (χ2n) is 7.36. The lowest BCUT2D eigenvalue weighted by atomic mass is 9.82. The molecular formula is C16H24N2O3S. The average Bonchev–Trinajstić information content (AvgIpc) is 2.87. The number of likely N-dealkylation sites (tertiary alicyclic amines) is 1. The molecule has 1 atom stereocenters. The van der Waals surface area contributed by atoms with Gasteiger partial charge >= 0.3 is 5.97 Å². The third-order valence-corrected chi connectivity index (χ3v) is 5.41. The third kappa shape index (κ3) is 3.66. The van der Waals surface area contributed by atoms with Crippen molar-refractivity contribution in [2.24, 2.45) is 5.41 Å². The molecule has 0 radical (unpaired) electrons. The van der Waals surface area contributed by atoms with Gasteiger partial charge in [-0.05, 0) is 19.8 Å². The summed E-state index contributed by atoms with van der Waals surface area (Å²) in [6.45, 7) is 8.94. The number of carbonyl (C=O) groups is 2. The van der Waals surface area contributed by atoms with Gasteiger partial charge in [0.2, 0.25) is 5.91 Å². The van der Waals surface area contributed by atoms with Crippen LogP contribution in [0, 0.1) is 5.41 Å². The second kappa shape index (κ2) is 5.99. The molecule has 0 aliphatic carbocycles. The van der Waals surface area contributed by atoms with Crippen LogP contribution in [0.2, 0.25) is 0 Å². The van der Waals surface area contributed by atoms with Crippen LogP contribution in [0.15, 0.2) is 5.38 Å². The van der Waals surface area contributed by atoms with Crippen LogP contribution in [0.3, 0.4) is 0 Å². The average molecular weight is 324 g/mol. The summed E-state index contributed by atoms with van der Waals surface area (Å²) >= 11 is 1.57. The van der Waals surface area contributed by atoms with E-state index in [1.807, 2.05) is 5.38 Å². The number of nitrogens with zero attached hydrogens (tertiary/aromatic N) is 2. The van der Waals surface area contributed by atoms with Crippen LogP contribution in [0.5, 0.6) is 0 Å². The number of hydrogen-bond acceptors (Lipinski definition) is 4. The minimum atomic E-state index is -0.827. The quantitative estimate of drug-likeness (QED) is 0.928. The maximum atomic E-state index is 12.4. The first-order valence-electron chi connectivity index (χ1n) is 7.58. The number of hydrogen-bond donors (Lipinski definition) is 1. The molecule has 6 heteroatoms. The van der Waals surface area contributed by atoms with Crippen LogP contribution < -0.4 is 0 Å². The lowest BCUT2D eigenvalue weighted by molar-refractivity contribution is -0.153. The van der Waals surface area contributed by atoms with E-state index in [1.54, 1.807) is 23.2 Å².